The summed E-state index contributed by atoms with van der Waals surface area (Å²) < 4.78 is 0. The summed E-state index contributed by atoms with van der Waals surface area (Å²) in [6.45, 7) is 0.940. The first-order chi connectivity index (χ1) is 10.4. The quantitative estimate of drug-likeness (QED) is 0.846. The van der Waals surface area contributed by atoms with E-state index in [1.165, 1.54) is 42.4 Å². The summed E-state index contributed by atoms with van der Waals surface area (Å²) in [6.07, 6.45) is 7.48. The summed E-state index contributed by atoms with van der Waals surface area (Å²) in [4.78, 5) is 0. The van der Waals surface area contributed by atoms with Crippen molar-refractivity contribution in [3.8, 4) is 0 Å². The van der Waals surface area contributed by atoms with Crippen molar-refractivity contribution in [3.05, 3.63) is 77.9 Å². The molecule has 1 nitrogen and oxygen atoms in total. The van der Waals surface area contributed by atoms with Crippen LogP contribution in [0.15, 0.2) is 66.7 Å². The molecule has 0 amide bonds. The topological polar surface area (TPSA) is 12.0 Å². The summed E-state index contributed by atoms with van der Waals surface area (Å²) in [5.74, 6) is 0. The Balaban J connectivity index is 1.74. The van der Waals surface area contributed by atoms with E-state index in [0.29, 0.717) is 6.04 Å². The van der Waals surface area contributed by atoms with Gasteiger partial charge < -0.3 is 5.32 Å². The highest BCUT2D eigenvalue weighted by molar-refractivity contribution is 5.69. The molecule has 21 heavy (non-hydrogen) atoms. The molecule has 0 heterocycles. The summed E-state index contributed by atoms with van der Waals surface area (Å²) in [5, 5.41) is 3.76. The molecule has 0 aliphatic heterocycles. The molecule has 108 valence electrons. The average molecular weight is 277 g/mol. The summed E-state index contributed by atoms with van der Waals surface area (Å²) in [7, 11) is 0. The molecule has 1 aliphatic carbocycles. The highest BCUT2D eigenvalue weighted by Gasteiger charge is 2.17. The smallest absolute Gasteiger partial charge is 0.0326 e. The number of rotatable bonds is 4. The molecule has 0 spiro atoms. The van der Waals surface area contributed by atoms with Crippen molar-refractivity contribution in [2.75, 3.05) is 0 Å². The third kappa shape index (κ3) is 3.83. The van der Waals surface area contributed by atoms with E-state index in [4.69, 9.17) is 0 Å². The molecule has 1 aliphatic rings. The van der Waals surface area contributed by atoms with Crippen LogP contribution >= 0.6 is 0 Å². The van der Waals surface area contributed by atoms with Crippen molar-refractivity contribution in [1.29, 1.82) is 0 Å². The highest BCUT2D eigenvalue weighted by atomic mass is 14.9. The van der Waals surface area contributed by atoms with Gasteiger partial charge in [0.1, 0.15) is 0 Å². The Bertz CT molecular complexity index is 571. The van der Waals surface area contributed by atoms with Crippen molar-refractivity contribution in [2.45, 2.75) is 38.3 Å². The van der Waals surface area contributed by atoms with Crippen LogP contribution in [0.2, 0.25) is 0 Å². The molecule has 1 N–H and O–H groups in total. The second-order valence-corrected chi connectivity index (χ2v) is 5.73. The van der Waals surface area contributed by atoms with E-state index in [2.05, 4.69) is 72.1 Å². The molecule has 0 saturated heterocycles. The van der Waals surface area contributed by atoms with Gasteiger partial charge in [0.15, 0.2) is 0 Å². The molecule has 0 unspecified atom stereocenters. The van der Waals surface area contributed by atoms with Crippen LogP contribution in [0.4, 0.5) is 0 Å². The monoisotopic (exact) mass is 277 g/mol. The SMILES string of the molecule is C1=C(c2ccccc2)[C@@H](NCc2ccccc2)CCCC1. The molecule has 0 radical (unpaired) electrons. The average Bonchev–Trinajstić information content (AvgIpc) is 2.80. The van der Waals surface area contributed by atoms with Crippen molar-refractivity contribution in [1.82, 2.24) is 5.32 Å². The maximum atomic E-state index is 3.76. The van der Waals surface area contributed by atoms with Gasteiger partial charge in [0.2, 0.25) is 0 Å². The molecule has 3 rings (SSSR count). The van der Waals surface area contributed by atoms with Crippen LogP contribution in [0.5, 0.6) is 0 Å². The highest BCUT2D eigenvalue weighted by Crippen LogP contribution is 2.26. The number of allylic oxidation sites excluding steroid dienone is 1. The molecular formula is C20H23N. The Hall–Kier alpha value is -1.86. The molecule has 1 atom stereocenters. The minimum Gasteiger partial charge on any atom is -0.306 e. The van der Waals surface area contributed by atoms with Gasteiger partial charge in [0, 0.05) is 12.6 Å². The van der Waals surface area contributed by atoms with Gasteiger partial charge in [-0.3, -0.25) is 0 Å². The van der Waals surface area contributed by atoms with Crippen LogP contribution in [0.3, 0.4) is 0 Å². The zero-order valence-corrected chi connectivity index (χ0v) is 12.5. The number of hydrogen-bond acceptors (Lipinski definition) is 1. The van der Waals surface area contributed by atoms with Crippen LogP contribution in [-0.4, -0.2) is 6.04 Å². The van der Waals surface area contributed by atoms with Gasteiger partial charge in [-0.25, -0.2) is 0 Å². The Kier molecular flexibility index (Phi) is 4.86. The number of nitrogens with one attached hydrogen (secondary N) is 1. The van der Waals surface area contributed by atoms with E-state index in [1.54, 1.807) is 0 Å². The van der Waals surface area contributed by atoms with E-state index in [-0.39, 0.29) is 0 Å². The van der Waals surface area contributed by atoms with E-state index >= 15 is 0 Å². The van der Waals surface area contributed by atoms with Gasteiger partial charge in [-0.2, -0.15) is 0 Å². The minimum atomic E-state index is 0.468. The van der Waals surface area contributed by atoms with Gasteiger partial charge in [0.05, 0.1) is 0 Å². The maximum Gasteiger partial charge on any atom is 0.0326 e. The summed E-state index contributed by atoms with van der Waals surface area (Å²) in [5.41, 5.74) is 4.20. The first kappa shape index (κ1) is 14.1. The Morgan fingerprint density at radius 1 is 0.857 bits per heavy atom. The van der Waals surface area contributed by atoms with Gasteiger partial charge in [0.25, 0.3) is 0 Å². The third-order valence-corrected chi connectivity index (χ3v) is 4.19. The maximum absolute atomic E-state index is 3.76. The predicted molar refractivity (Wildman–Crippen MR) is 90.0 cm³/mol. The van der Waals surface area contributed by atoms with Crippen LogP contribution in [0.1, 0.15) is 36.8 Å². The Morgan fingerprint density at radius 2 is 1.57 bits per heavy atom. The zero-order valence-electron chi connectivity index (χ0n) is 12.5. The summed E-state index contributed by atoms with van der Waals surface area (Å²) >= 11 is 0. The second-order valence-electron chi connectivity index (χ2n) is 5.73. The van der Waals surface area contributed by atoms with Crippen molar-refractivity contribution < 1.29 is 0 Å². The largest absolute Gasteiger partial charge is 0.306 e. The Morgan fingerprint density at radius 3 is 2.33 bits per heavy atom. The van der Waals surface area contributed by atoms with E-state index in [1.807, 2.05) is 0 Å². The van der Waals surface area contributed by atoms with Crippen molar-refractivity contribution in [2.24, 2.45) is 0 Å². The first-order valence-electron chi connectivity index (χ1n) is 7.96. The number of benzene rings is 2. The molecule has 0 bridgehead atoms. The molecule has 0 fully saturated rings. The summed E-state index contributed by atoms with van der Waals surface area (Å²) in [6, 6.07) is 22.0. The minimum absolute atomic E-state index is 0.468. The lowest BCUT2D eigenvalue weighted by molar-refractivity contribution is 0.547. The fraction of sp³-hybridized carbons (Fsp3) is 0.300. The van der Waals surface area contributed by atoms with Crippen LogP contribution in [-0.2, 0) is 6.54 Å². The molecular weight excluding hydrogens is 254 g/mol. The predicted octanol–water partition coefficient (Wildman–Crippen LogP) is 4.80. The van der Waals surface area contributed by atoms with E-state index in [0.717, 1.165) is 6.54 Å². The fourth-order valence-electron chi connectivity index (χ4n) is 3.05. The fourth-order valence-corrected chi connectivity index (χ4v) is 3.05. The Labute approximate surface area is 127 Å². The lowest BCUT2D eigenvalue weighted by Gasteiger charge is -2.21. The molecule has 2 aromatic carbocycles. The standard InChI is InChI=1S/C20H23N/c1-4-10-17(11-5-1)16-21-20-15-9-3-8-14-19(20)18-12-6-2-7-13-18/h1-2,4-7,10-14,20-21H,3,8-9,15-16H2/t20-/m0/s1. The second kappa shape index (κ2) is 7.24. The van der Waals surface area contributed by atoms with Gasteiger partial charge in [-0.15, -0.1) is 0 Å². The van der Waals surface area contributed by atoms with Crippen LogP contribution in [0.25, 0.3) is 5.57 Å². The first-order valence-corrected chi connectivity index (χ1v) is 7.96. The van der Waals surface area contributed by atoms with Crippen LogP contribution < -0.4 is 5.32 Å². The molecule has 1 heteroatoms. The molecule has 0 aromatic heterocycles. The normalized spacial score (nSPS) is 18.9. The molecule has 2 aromatic rings. The van der Waals surface area contributed by atoms with Crippen molar-refractivity contribution in [3.63, 3.8) is 0 Å². The molecule has 0 saturated carbocycles. The van der Waals surface area contributed by atoms with Gasteiger partial charge in [-0.1, -0.05) is 73.2 Å². The van der Waals surface area contributed by atoms with E-state index < -0.39 is 0 Å². The lowest BCUT2D eigenvalue weighted by atomic mass is 9.96. The lowest BCUT2D eigenvalue weighted by Crippen LogP contribution is -2.29. The number of hydrogen-bond donors (Lipinski definition) is 1. The van der Waals surface area contributed by atoms with Gasteiger partial charge >= 0.3 is 0 Å². The van der Waals surface area contributed by atoms with Crippen LogP contribution in [0, 0.1) is 0 Å². The zero-order chi connectivity index (χ0) is 14.3. The van der Waals surface area contributed by atoms with Crippen molar-refractivity contribution >= 4 is 5.57 Å². The third-order valence-electron chi connectivity index (χ3n) is 4.19. The van der Waals surface area contributed by atoms with E-state index in [9.17, 15) is 0 Å². The van der Waals surface area contributed by atoms with Gasteiger partial charge in [-0.05, 0) is 36.0 Å².